The van der Waals surface area contributed by atoms with Crippen molar-refractivity contribution in [3.8, 4) is 17.3 Å². The zero-order valence-electron chi connectivity index (χ0n) is 11.0. The fraction of sp³-hybridized carbons (Fsp3) is 0.250. The molecule has 0 aliphatic rings. The molecule has 7 nitrogen and oxygen atoms in total. The first-order valence-electron chi connectivity index (χ1n) is 5.81. The normalized spacial score (nSPS) is 11.5. The Hall–Kier alpha value is -2.22. The number of nitrogens with one attached hydrogen (secondary N) is 1. The summed E-state index contributed by atoms with van der Waals surface area (Å²) in [5.41, 5.74) is -0.433. The second-order valence-electron chi connectivity index (χ2n) is 4.02. The van der Waals surface area contributed by atoms with Gasteiger partial charge in [-0.2, -0.15) is 0 Å². The fourth-order valence-electron chi connectivity index (χ4n) is 1.80. The van der Waals surface area contributed by atoms with Gasteiger partial charge >= 0.3 is 5.69 Å². The van der Waals surface area contributed by atoms with Crippen LogP contribution < -0.4 is 10.4 Å². The van der Waals surface area contributed by atoms with Crippen molar-refractivity contribution >= 4 is 9.84 Å². The lowest BCUT2D eigenvalue weighted by Gasteiger charge is -2.11. The van der Waals surface area contributed by atoms with E-state index in [4.69, 9.17) is 4.74 Å². The number of aromatic hydroxyl groups is 1. The van der Waals surface area contributed by atoms with E-state index in [0.717, 1.165) is 10.8 Å². The third-order valence-corrected chi connectivity index (χ3v) is 4.62. The second kappa shape index (κ2) is 5.04. The number of hydrogen-bond donors (Lipinski definition) is 2. The van der Waals surface area contributed by atoms with Crippen molar-refractivity contribution in [2.75, 3.05) is 12.9 Å². The highest BCUT2D eigenvalue weighted by Crippen LogP contribution is 2.28. The first kappa shape index (κ1) is 14.2. The minimum atomic E-state index is -3.43. The molecule has 8 heteroatoms. The van der Waals surface area contributed by atoms with Crippen molar-refractivity contribution < 1.29 is 18.3 Å². The smallest absolute Gasteiger partial charge is 0.333 e. The second-order valence-corrected chi connectivity index (χ2v) is 6.30. The molecule has 0 saturated heterocycles. The summed E-state index contributed by atoms with van der Waals surface area (Å²) in [5, 5.41) is 9.68. The van der Waals surface area contributed by atoms with Crippen LogP contribution in [0.5, 0.6) is 11.6 Å². The molecule has 0 fully saturated rings. The number of nitrogens with zero attached hydrogens (tertiary/aromatic N) is 1. The number of sulfone groups is 1. The van der Waals surface area contributed by atoms with Gasteiger partial charge in [-0.15, -0.1) is 0 Å². The average Bonchev–Trinajstić information content (AvgIpc) is 2.77. The van der Waals surface area contributed by atoms with E-state index in [1.807, 2.05) is 0 Å². The summed E-state index contributed by atoms with van der Waals surface area (Å²) < 4.78 is 29.8. The third kappa shape index (κ3) is 2.29. The van der Waals surface area contributed by atoms with Crippen LogP contribution >= 0.6 is 0 Å². The Labute approximate surface area is 115 Å². The highest BCUT2D eigenvalue weighted by Gasteiger charge is 2.18. The minimum Gasteiger partial charge on any atom is -0.495 e. The zero-order chi connectivity index (χ0) is 14.9. The molecule has 2 aromatic rings. The standard InChI is InChI=1S/C12H14N2O5S/c1-3-20(17,18)8-4-5-10(19-2)9(6-8)14-11(15)7-13-12(14)16/h4-7,15H,3H2,1-2H3,(H,13,16). The fourth-order valence-corrected chi connectivity index (χ4v) is 2.70. The maximum absolute atomic E-state index is 11.9. The molecule has 1 heterocycles. The van der Waals surface area contributed by atoms with Gasteiger partial charge in [0.1, 0.15) is 5.75 Å². The Morgan fingerprint density at radius 1 is 1.40 bits per heavy atom. The van der Waals surface area contributed by atoms with Crippen molar-refractivity contribution in [3.05, 3.63) is 34.9 Å². The lowest BCUT2D eigenvalue weighted by molar-refractivity contribution is 0.404. The molecular weight excluding hydrogens is 284 g/mol. The third-order valence-electron chi connectivity index (χ3n) is 2.89. The number of aromatic amines is 1. The van der Waals surface area contributed by atoms with Gasteiger partial charge in [-0.1, -0.05) is 6.92 Å². The summed E-state index contributed by atoms with van der Waals surface area (Å²) in [4.78, 5) is 14.1. The molecule has 1 aromatic heterocycles. The molecule has 0 bridgehead atoms. The molecule has 20 heavy (non-hydrogen) atoms. The van der Waals surface area contributed by atoms with Crippen molar-refractivity contribution in [1.29, 1.82) is 0 Å². The summed E-state index contributed by atoms with van der Waals surface area (Å²) >= 11 is 0. The molecule has 0 aliphatic heterocycles. The number of benzene rings is 1. The highest BCUT2D eigenvalue weighted by atomic mass is 32.2. The molecule has 0 atom stereocenters. The first-order chi connectivity index (χ1) is 9.40. The quantitative estimate of drug-likeness (QED) is 0.864. The molecular formula is C12H14N2O5S. The molecule has 1 aromatic carbocycles. The van der Waals surface area contributed by atoms with Gasteiger partial charge in [0, 0.05) is 0 Å². The lowest BCUT2D eigenvalue weighted by atomic mass is 10.3. The van der Waals surface area contributed by atoms with E-state index in [1.165, 1.54) is 32.2 Å². The first-order valence-corrected chi connectivity index (χ1v) is 7.46. The van der Waals surface area contributed by atoms with Crippen LogP contribution in [0.1, 0.15) is 6.92 Å². The van der Waals surface area contributed by atoms with Crippen LogP contribution in [0, 0.1) is 0 Å². The predicted molar refractivity (Wildman–Crippen MR) is 72.3 cm³/mol. The van der Waals surface area contributed by atoms with Gasteiger partial charge in [0.2, 0.25) is 5.88 Å². The van der Waals surface area contributed by atoms with Crippen LogP contribution in [-0.2, 0) is 9.84 Å². The monoisotopic (exact) mass is 298 g/mol. The van der Waals surface area contributed by atoms with E-state index in [1.54, 1.807) is 0 Å². The summed E-state index contributed by atoms with van der Waals surface area (Å²) in [6.07, 6.45) is 1.11. The molecule has 108 valence electrons. The van der Waals surface area contributed by atoms with Crippen molar-refractivity contribution in [2.24, 2.45) is 0 Å². The number of hydrogen-bond acceptors (Lipinski definition) is 5. The molecule has 0 unspecified atom stereocenters. The van der Waals surface area contributed by atoms with E-state index in [9.17, 15) is 18.3 Å². The van der Waals surface area contributed by atoms with Crippen LogP contribution in [-0.4, -0.2) is 35.9 Å². The number of aromatic nitrogens is 2. The summed E-state index contributed by atoms with van der Waals surface area (Å²) in [7, 11) is -2.03. The topological polar surface area (TPSA) is 101 Å². The maximum atomic E-state index is 11.9. The van der Waals surface area contributed by atoms with E-state index in [2.05, 4.69) is 4.98 Å². The predicted octanol–water partition coefficient (Wildman–Crippen LogP) is 0.673. The Bertz CT molecular complexity index is 788. The maximum Gasteiger partial charge on any atom is 0.333 e. The Balaban J connectivity index is 2.75. The molecule has 0 amide bonds. The van der Waals surface area contributed by atoms with E-state index >= 15 is 0 Å². The van der Waals surface area contributed by atoms with Crippen LogP contribution in [0.2, 0.25) is 0 Å². The highest BCUT2D eigenvalue weighted by molar-refractivity contribution is 7.91. The van der Waals surface area contributed by atoms with Crippen LogP contribution in [0.4, 0.5) is 0 Å². The molecule has 2 rings (SSSR count). The average molecular weight is 298 g/mol. The van der Waals surface area contributed by atoms with Crippen LogP contribution in [0.25, 0.3) is 5.69 Å². The largest absolute Gasteiger partial charge is 0.495 e. The number of imidazole rings is 1. The summed E-state index contributed by atoms with van der Waals surface area (Å²) in [6, 6.07) is 4.14. The summed E-state index contributed by atoms with van der Waals surface area (Å²) in [5.74, 6) is -0.122. The zero-order valence-corrected chi connectivity index (χ0v) is 11.8. The van der Waals surface area contributed by atoms with Gasteiger partial charge < -0.3 is 14.8 Å². The molecule has 0 saturated carbocycles. The summed E-state index contributed by atoms with van der Waals surface area (Å²) in [6.45, 7) is 1.53. The van der Waals surface area contributed by atoms with E-state index < -0.39 is 15.5 Å². The van der Waals surface area contributed by atoms with Gasteiger partial charge in [-0.3, -0.25) is 0 Å². The van der Waals surface area contributed by atoms with Gasteiger partial charge in [-0.25, -0.2) is 17.8 Å². The van der Waals surface area contributed by atoms with Gasteiger partial charge in [0.15, 0.2) is 9.84 Å². The minimum absolute atomic E-state index is 0.0586. The molecule has 2 N–H and O–H groups in total. The van der Waals surface area contributed by atoms with Gasteiger partial charge in [0.25, 0.3) is 0 Å². The molecule has 0 spiro atoms. The Morgan fingerprint density at radius 2 is 2.10 bits per heavy atom. The molecule has 0 radical (unpaired) electrons. The number of ether oxygens (including phenoxy) is 1. The Morgan fingerprint density at radius 3 is 2.60 bits per heavy atom. The van der Waals surface area contributed by atoms with Gasteiger partial charge in [-0.05, 0) is 18.2 Å². The number of H-pyrrole nitrogens is 1. The van der Waals surface area contributed by atoms with Gasteiger partial charge in [0.05, 0.1) is 29.6 Å². The molecule has 0 aliphatic carbocycles. The number of rotatable bonds is 4. The van der Waals surface area contributed by atoms with E-state index in [-0.39, 0.29) is 28.0 Å². The van der Waals surface area contributed by atoms with Crippen molar-refractivity contribution in [3.63, 3.8) is 0 Å². The lowest BCUT2D eigenvalue weighted by Crippen LogP contribution is -2.16. The van der Waals surface area contributed by atoms with E-state index in [0.29, 0.717) is 0 Å². The van der Waals surface area contributed by atoms with Crippen LogP contribution in [0.3, 0.4) is 0 Å². The Kier molecular flexibility index (Phi) is 3.58. The SMILES string of the molecule is CCS(=O)(=O)c1ccc(OC)c(-n2c(O)c[nH]c2=O)c1. The van der Waals surface area contributed by atoms with Crippen molar-refractivity contribution in [2.45, 2.75) is 11.8 Å². The van der Waals surface area contributed by atoms with Crippen molar-refractivity contribution in [1.82, 2.24) is 9.55 Å². The number of methoxy groups -OCH3 is 1. The van der Waals surface area contributed by atoms with Crippen LogP contribution in [0.15, 0.2) is 34.1 Å².